The molecule has 24 heavy (non-hydrogen) atoms. The number of hydrogen-bond donors (Lipinski definition) is 1. The summed E-state index contributed by atoms with van der Waals surface area (Å²) < 4.78 is 7.51. The maximum atomic E-state index is 12.6. The molecule has 8 nitrogen and oxygen atoms in total. The summed E-state index contributed by atoms with van der Waals surface area (Å²) in [6.07, 6.45) is 2.66. The SMILES string of the molecule is CCc1nc2n(n1)CC(NC(=O)N1CCN3CCOCC3C1)CC2. The average Bonchev–Trinajstić information content (AvgIpc) is 3.03. The van der Waals surface area contributed by atoms with Crippen molar-refractivity contribution in [2.45, 2.75) is 44.8 Å². The number of ether oxygens (including phenoxy) is 1. The maximum Gasteiger partial charge on any atom is 0.317 e. The van der Waals surface area contributed by atoms with Crippen LogP contribution in [0.25, 0.3) is 0 Å². The number of carbonyl (C=O) groups excluding carboxylic acids is 1. The number of aromatic nitrogens is 3. The van der Waals surface area contributed by atoms with E-state index in [1.165, 1.54) is 0 Å². The summed E-state index contributed by atoms with van der Waals surface area (Å²) in [7, 11) is 0. The first kappa shape index (κ1) is 15.8. The first-order valence-corrected chi connectivity index (χ1v) is 9.02. The van der Waals surface area contributed by atoms with E-state index in [0.717, 1.165) is 76.8 Å². The number of amides is 2. The zero-order valence-electron chi connectivity index (χ0n) is 14.3. The van der Waals surface area contributed by atoms with Gasteiger partial charge >= 0.3 is 6.03 Å². The normalized spacial score (nSPS) is 27.5. The Labute approximate surface area is 142 Å². The second-order valence-electron chi connectivity index (χ2n) is 6.88. The van der Waals surface area contributed by atoms with E-state index in [0.29, 0.717) is 6.04 Å². The maximum absolute atomic E-state index is 12.6. The van der Waals surface area contributed by atoms with Gasteiger partial charge < -0.3 is 15.0 Å². The molecule has 0 aliphatic carbocycles. The number of hydrogen-bond acceptors (Lipinski definition) is 5. The molecule has 3 aliphatic rings. The molecule has 4 heterocycles. The highest BCUT2D eigenvalue weighted by Gasteiger charge is 2.32. The van der Waals surface area contributed by atoms with E-state index in [9.17, 15) is 4.79 Å². The van der Waals surface area contributed by atoms with Gasteiger partial charge in [-0.25, -0.2) is 14.5 Å². The highest BCUT2D eigenvalue weighted by molar-refractivity contribution is 5.74. The Balaban J connectivity index is 1.33. The minimum absolute atomic E-state index is 0.0458. The van der Waals surface area contributed by atoms with Crippen molar-refractivity contribution in [2.75, 3.05) is 39.4 Å². The topological polar surface area (TPSA) is 75.5 Å². The molecule has 2 unspecified atom stereocenters. The predicted octanol–water partition coefficient (Wildman–Crippen LogP) is -0.119. The molecule has 4 rings (SSSR count). The van der Waals surface area contributed by atoms with E-state index in [1.807, 2.05) is 9.58 Å². The van der Waals surface area contributed by atoms with Crippen LogP contribution in [0.15, 0.2) is 0 Å². The molecule has 0 spiro atoms. The van der Waals surface area contributed by atoms with Crippen LogP contribution in [-0.4, -0.2) is 82.1 Å². The Hall–Kier alpha value is -1.67. The van der Waals surface area contributed by atoms with Crippen LogP contribution in [0.1, 0.15) is 25.0 Å². The van der Waals surface area contributed by atoms with Crippen molar-refractivity contribution >= 4 is 6.03 Å². The third kappa shape index (κ3) is 3.12. The fourth-order valence-electron chi connectivity index (χ4n) is 3.83. The number of carbonyl (C=O) groups is 1. The summed E-state index contributed by atoms with van der Waals surface area (Å²) in [6.45, 7) is 7.81. The van der Waals surface area contributed by atoms with Gasteiger partial charge in [-0.2, -0.15) is 5.10 Å². The summed E-state index contributed by atoms with van der Waals surface area (Å²) in [5.74, 6) is 1.94. The third-order valence-corrected chi connectivity index (χ3v) is 5.27. The van der Waals surface area contributed by atoms with Crippen molar-refractivity contribution < 1.29 is 9.53 Å². The zero-order valence-corrected chi connectivity index (χ0v) is 14.3. The number of nitrogens with zero attached hydrogens (tertiary/aromatic N) is 5. The van der Waals surface area contributed by atoms with Crippen LogP contribution in [0.2, 0.25) is 0 Å². The molecular formula is C16H26N6O2. The van der Waals surface area contributed by atoms with Crippen LogP contribution in [0.5, 0.6) is 0 Å². The molecule has 2 atom stereocenters. The van der Waals surface area contributed by atoms with Crippen LogP contribution in [0.4, 0.5) is 4.79 Å². The zero-order chi connectivity index (χ0) is 16.5. The molecule has 132 valence electrons. The fourth-order valence-corrected chi connectivity index (χ4v) is 3.83. The molecule has 0 bridgehead atoms. The van der Waals surface area contributed by atoms with Gasteiger partial charge in [-0.1, -0.05) is 6.92 Å². The molecule has 1 N–H and O–H groups in total. The lowest BCUT2D eigenvalue weighted by atomic mass is 10.1. The average molecular weight is 334 g/mol. The smallest absolute Gasteiger partial charge is 0.317 e. The molecule has 1 aromatic heterocycles. The van der Waals surface area contributed by atoms with Crippen molar-refractivity contribution in [3.63, 3.8) is 0 Å². The number of urea groups is 1. The first-order valence-electron chi connectivity index (χ1n) is 9.02. The minimum atomic E-state index is 0.0458. The molecular weight excluding hydrogens is 308 g/mol. The monoisotopic (exact) mass is 334 g/mol. The summed E-state index contributed by atoms with van der Waals surface area (Å²) in [5.41, 5.74) is 0. The van der Waals surface area contributed by atoms with Gasteiger partial charge in [0.15, 0.2) is 5.82 Å². The van der Waals surface area contributed by atoms with E-state index in [2.05, 4.69) is 27.2 Å². The van der Waals surface area contributed by atoms with Gasteiger partial charge in [0, 0.05) is 39.0 Å². The quantitative estimate of drug-likeness (QED) is 0.816. The second kappa shape index (κ2) is 6.68. The summed E-state index contributed by atoms with van der Waals surface area (Å²) >= 11 is 0. The number of piperazine rings is 1. The van der Waals surface area contributed by atoms with Crippen LogP contribution in [0, 0.1) is 0 Å². The highest BCUT2D eigenvalue weighted by atomic mass is 16.5. The van der Waals surface area contributed by atoms with Crippen molar-refractivity contribution in [3.05, 3.63) is 11.6 Å². The van der Waals surface area contributed by atoms with E-state index >= 15 is 0 Å². The van der Waals surface area contributed by atoms with E-state index < -0.39 is 0 Å². The highest BCUT2D eigenvalue weighted by Crippen LogP contribution is 2.16. The van der Waals surface area contributed by atoms with Crippen molar-refractivity contribution in [1.29, 1.82) is 0 Å². The van der Waals surface area contributed by atoms with Crippen molar-refractivity contribution in [1.82, 2.24) is 29.9 Å². The van der Waals surface area contributed by atoms with Gasteiger partial charge in [0.05, 0.1) is 31.8 Å². The number of nitrogens with one attached hydrogen (secondary N) is 1. The minimum Gasteiger partial charge on any atom is -0.378 e. The Morgan fingerprint density at radius 2 is 2.25 bits per heavy atom. The molecule has 3 aliphatic heterocycles. The fraction of sp³-hybridized carbons (Fsp3) is 0.812. The van der Waals surface area contributed by atoms with Crippen LogP contribution in [-0.2, 0) is 24.1 Å². The van der Waals surface area contributed by atoms with Gasteiger partial charge in [-0.15, -0.1) is 0 Å². The Morgan fingerprint density at radius 3 is 3.12 bits per heavy atom. The van der Waals surface area contributed by atoms with Gasteiger partial charge in [0.25, 0.3) is 0 Å². The Bertz CT molecular complexity index is 603. The lowest BCUT2D eigenvalue weighted by molar-refractivity contribution is -0.0367. The molecule has 8 heteroatoms. The van der Waals surface area contributed by atoms with Gasteiger partial charge in [0.2, 0.25) is 0 Å². The van der Waals surface area contributed by atoms with Gasteiger partial charge in [-0.05, 0) is 6.42 Å². The lowest BCUT2D eigenvalue weighted by Crippen LogP contribution is -2.61. The van der Waals surface area contributed by atoms with Crippen LogP contribution in [0.3, 0.4) is 0 Å². The van der Waals surface area contributed by atoms with Crippen molar-refractivity contribution in [3.8, 4) is 0 Å². The van der Waals surface area contributed by atoms with E-state index in [4.69, 9.17) is 4.74 Å². The standard InChI is InChI=1S/C16H26N6O2/c1-2-14-18-15-4-3-12(9-22(15)19-14)17-16(23)21-6-5-20-7-8-24-11-13(20)10-21/h12-13H,2-11H2,1H3,(H,17,23). The number of fused-ring (bicyclic) bond motifs is 2. The van der Waals surface area contributed by atoms with E-state index in [1.54, 1.807) is 0 Å². The number of aryl methyl sites for hydroxylation is 2. The summed E-state index contributed by atoms with van der Waals surface area (Å²) in [6, 6.07) is 0.528. The Morgan fingerprint density at radius 1 is 1.33 bits per heavy atom. The lowest BCUT2D eigenvalue weighted by Gasteiger charge is -2.43. The molecule has 2 fully saturated rings. The molecule has 0 saturated carbocycles. The largest absolute Gasteiger partial charge is 0.378 e. The van der Waals surface area contributed by atoms with Crippen LogP contribution < -0.4 is 5.32 Å². The molecule has 0 radical (unpaired) electrons. The summed E-state index contributed by atoms with van der Waals surface area (Å²) in [5, 5.41) is 7.70. The Kier molecular flexibility index (Phi) is 4.41. The van der Waals surface area contributed by atoms with Crippen LogP contribution >= 0.6 is 0 Å². The van der Waals surface area contributed by atoms with E-state index in [-0.39, 0.29) is 12.1 Å². The predicted molar refractivity (Wildman–Crippen MR) is 87.8 cm³/mol. The number of rotatable bonds is 2. The van der Waals surface area contributed by atoms with Gasteiger partial charge in [0.1, 0.15) is 5.82 Å². The molecule has 1 aromatic rings. The van der Waals surface area contributed by atoms with Crippen molar-refractivity contribution in [2.24, 2.45) is 0 Å². The number of morpholine rings is 1. The molecule has 2 saturated heterocycles. The molecule has 0 aromatic carbocycles. The van der Waals surface area contributed by atoms with Gasteiger partial charge in [-0.3, -0.25) is 4.90 Å². The third-order valence-electron chi connectivity index (χ3n) is 5.27. The summed E-state index contributed by atoms with van der Waals surface area (Å²) in [4.78, 5) is 21.5. The second-order valence-corrected chi connectivity index (χ2v) is 6.88. The first-order chi connectivity index (χ1) is 11.7. The molecule has 2 amide bonds.